The maximum Gasteiger partial charge on any atom is 0.332 e. The van der Waals surface area contributed by atoms with Crippen molar-refractivity contribution in [1.82, 2.24) is 32.4 Å². The molecule has 4 aromatic rings. The van der Waals surface area contributed by atoms with Crippen LogP contribution in [0.5, 0.6) is 0 Å². The molecule has 0 unspecified atom stereocenters. The molecule has 5 rings (SSSR count). The molecule has 0 amide bonds. The van der Waals surface area contributed by atoms with Crippen LogP contribution < -0.4 is 16.1 Å². The molecule has 12 heteroatoms. The molecule has 0 spiro atoms. The molecule has 0 atom stereocenters. The zero-order chi connectivity index (χ0) is 23.1. The first-order valence-corrected chi connectivity index (χ1v) is 11.2. The molecule has 11 nitrogen and oxygen atoms in total. The van der Waals surface area contributed by atoms with Crippen LogP contribution in [0, 0.1) is 17.3 Å². The SMILES string of the molecule is CC#CCn1c(N2CCCC(=N)C2)nc2c1c(=O)n(Cc1ccc3nsnc3n1)c(=O)n2C. The third-order valence-electron chi connectivity index (χ3n) is 5.70. The zero-order valence-electron chi connectivity index (χ0n) is 18.2. The summed E-state index contributed by atoms with van der Waals surface area (Å²) < 4.78 is 12.6. The Morgan fingerprint density at radius 3 is 2.82 bits per heavy atom. The van der Waals surface area contributed by atoms with Gasteiger partial charge in [0, 0.05) is 19.3 Å². The summed E-state index contributed by atoms with van der Waals surface area (Å²) in [6.45, 7) is 3.16. The highest BCUT2D eigenvalue weighted by Crippen LogP contribution is 2.22. The topological polar surface area (TPSA) is 128 Å². The highest BCUT2D eigenvalue weighted by molar-refractivity contribution is 7.00. The van der Waals surface area contributed by atoms with E-state index in [1.807, 2.05) is 4.90 Å². The number of hydrogen-bond donors (Lipinski definition) is 1. The average Bonchev–Trinajstić information content (AvgIpc) is 3.43. The van der Waals surface area contributed by atoms with Crippen molar-refractivity contribution < 1.29 is 0 Å². The second-order valence-corrected chi connectivity index (χ2v) is 8.40. The van der Waals surface area contributed by atoms with E-state index in [2.05, 4.69) is 30.6 Å². The minimum atomic E-state index is -0.477. The molecule has 1 N–H and O–H groups in total. The fourth-order valence-electron chi connectivity index (χ4n) is 4.06. The van der Waals surface area contributed by atoms with Crippen LogP contribution in [-0.4, -0.2) is 51.2 Å². The van der Waals surface area contributed by atoms with E-state index in [1.54, 1.807) is 30.7 Å². The van der Waals surface area contributed by atoms with E-state index in [0.717, 1.165) is 35.7 Å². The van der Waals surface area contributed by atoms with Gasteiger partial charge in [0.2, 0.25) is 5.95 Å². The van der Waals surface area contributed by atoms with Gasteiger partial charge in [-0.3, -0.25) is 18.5 Å². The van der Waals surface area contributed by atoms with Gasteiger partial charge in [0.15, 0.2) is 16.8 Å². The van der Waals surface area contributed by atoms with Gasteiger partial charge in [-0.25, -0.2) is 9.78 Å². The van der Waals surface area contributed by atoms with Crippen molar-refractivity contribution in [3.63, 3.8) is 0 Å². The minimum absolute atomic E-state index is 0.00322. The van der Waals surface area contributed by atoms with E-state index in [-0.39, 0.29) is 13.1 Å². The number of nitrogens with one attached hydrogen (secondary N) is 1. The largest absolute Gasteiger partial charge is 0.337 e. The van der Waals surface area contributed by atoms with Crippen molar-refractivity contribution in [2.45, 2.75) is 32.9 Å². The van der Waals surface area contributed by atoms with Crippen molar-refractivity contribution in [3.8, 4) is 11.8 Å². The van der Waals surface area contributed by atoms with Crippen LogP contribution in [0.25, 0.3) is 22.3 Å². The predicted octanol–water partition coefficient (Wildman–Crippen LogP) is 0.988. The summed E-state index contributed by atoms with van der Waals surface area (Å²) in [5, 5.41) is 8.09. The number of aryl methyl sites for hydroxylation is 1. The molecule has 168 valence electrons. The van der Waals surface area contributed by atoms with E-state index >= 15 is 0 Å². The first-order chi connectivity index (χ1) is 16.0. The normalized spacial score (nSPS) is 14.1. The van der Waals surface area contributed by atoms with Crippen molar-refractivity contribution >= 4 is 45.7 Å². The maximum atomic E-state index is 13.6. The lowest BCUT2D eigenvalue weighted by Crippen LogP contribution is -2.40. The van der Waals surface area contributed by atoms with Gasteiger partial charge in [0.05, 0.1) is 37.1 Å². The monoisotopic (exact) mass is 463 g/mol. The standard InChI is InChI=1S/C21H21N9O2S/c1-3-4-10-29-16-18(24-20(29)28-9-5-6-13(22)11-28)27(2)21(32)30(19(16)31)12-14-7-8-15-17(23-14)26-33-25-15/h7-8,22H,5-6,9-12H2,1-2H3. The highest BCUT2D eigenvalue weighted by Gasteiger charge is 2.25. The zero-order valence-corrected chi connectivity index (χ0v) is 19.0. The van der Waals surface area contributed by atoms with Gasteiger partial charge in [0.25, 0.3) is 5.56 Å². The number of nitrogens with zero attached hydrogens (tertiary/aromatic N) is 8. The number of rotatable bonds is 4. The summed E-state index contributed by atoms with van der Waals surface area (Å²) in [5.74, 6) is 6.43. The summed E-state index contributed by atoms with van der Waals surface area (Å²) in [6.07, 6.45) is 1.59. The fraction of sp³-hybridized carbons (Fsp3) is 0.381. The summed E-state index contributed by atoms with van der Waals surface area (Å²) >= 11 is 1.06. The van der Waals surface area contributed by atoms with Crippen LogP contribution >= 0.6 is 11.7 Å². The van der Waals surface area contributed by atoms with E-state index in [1.165, 1.54) is 4.57 Å². The van der Waals surface area contributed by atoms with E-state index in [9.17, 15) is 9.59 Å². The van der Waals surface area contributed by atoms with E-state index < -0.39 is 11.2 Å². The number of anilines is 1. The quantitative estimate of drug-likeness (QED) is 0.447. The number of fused-ring (bicyclic) bond motifs is 2. The highest BCUT2D eigenvalue weighted by atomic mass is 32.1. The number of aromatic nitrogens is 7. The van der Waals surface area contributed by atoms with Crippen molar-refractivity contribution in [2.24, 2.45) is 7.05 Å². The lowest BCUT2D eigenvalue weighted by atomic mass is 10.1. The lowest BCUT2D eigenvalue weighted by molar-refractivity contribution is 0.645. The second-order valence-electron chi connectivity index (χ2n) is 7.87. The van der Waals surface area contributed by atoms with Crippen LogP contribution in [0.2, 0.25) is 0 Å². The van der Waals surface area contributed by atoms with Crippen LogP contribution in [0.3, 0.4) is 0 Å². The smallest absolute Gasteiger partial charge is 0.332 e. The maximum absolute atomic E-state index is 13.6. The molecule has 5 heterocycles. The molecule has 0 aromatic carbocycles. The summed E-state index contributed by atoms with van der Waals surface area (Å²) in [6, 6.07) is 3.52. The first-order valence-electron chi connectivity index (χ1n) is 10.5. The van der Waals surface area contributed by atoms with Gasteiger partial charge in [0.1, 0.15) is 5.52 Å². The van der Waals surface area contributed by atoms with Crippen molar-refractivity contribution in [1.29, 1.82) is 5.41 Å². The summed E-state index contributed by atoms with van der Waals surface area (Å²) in [4.78, 5) is 37.8. The molecule has 1 fully saturated rings. The molecule has 4 aromatic heterocycles. The molecule has 0 aliphatic carbocycles. The molecule has 0 saturated carbocycles. The second kappa shape index (κ2) is 8.25. The van der Waals surface area contributed by atoms with Gasteiger partial charge in [-0.15, -0.1) is 5.92 Å². The Kier molecular flexibility index (Phi) is 5.26. The Morgan fingerprint density at radius 2 is 2.03 bits per heavy atom. The van der Waals surface area contributed by atoms with Crippen LogP contribution in [0.15, 0.2) is 21.7 Å². The summed E-state index contributed by atoms with van der Waals surface area (Å²) in [5.41, 5.74) is 2.00. The Hall–Kier alpha value is -3.85. The van der Waals surface area contributed by atoms with Gasteiger partial charge >= 0.3 is 5.69 Å². The average molecular weight is 464 g/mol. The lowest BCUT2D eigenvalue weighted by Gasteiger charge is -2.28. The summed E-state index contributed by atoms with van der Waals surface area (Å²) in [7, 11) is 1.60. The third-order valence-corrected chi connectivity index (χ3v) is 6.23. The molecule has 0 radical (unpaired) electrons. The molecule has 1 saturated heterocycles. The Labute approximate surface area is 192 Å². The molecular weight excluding hydrogens is 442 g/mol. The fourth-order valence-corrected chi connectivity index (χ4v) is 4.55. The minimum Gasteiger partial charge on any atom is -0.337 e. The van der Waals surface area contributed by atoms with Crippen LogP contribution in [-0.2, 0) is 20.1 Å². The van der Waals surface area contributed by atoms with Crippen molar-refractivity contribution in [2.75, 3.05) is 18.0 Å². The Morgan fingerprint density at radius 1 is 1.18 bits per heavy atom. The van der Waals surface area contributed by atoms with Gasteiger partial charge < -0.3 is 10.3 Å². The number of pyridine rings is 1. The molecule has 33 heavy (non-hydrogen) atoms. The first kappa shape index (κ1) is 21.0. The molecule has 1 aliphatic rings. The van der Waals surface area contributed by atoms with Crippen molar-refractivity contribution in [3.05, 3.63) is 38.7 Å². The Bertz CT molecular complexity index is 1580. The van der Waals surface area contributed by atoms with Gasteiger partial charge in [-0.1, -0.05) is 5.92 Å². The molecule has 0 bridgehead atoms. The molecule has 1 aliphatic heterocycles. The third kappa shape index (κ3) is 3.60. The number of piperidine rings is 1. The number of imidazole rings is 1. The van der Waals surface area contributed by atoms with E-state index in [0.29, 0.717) is 46.2 Å². The number of hydrogen-bond acceptors (Lipinski definition) is 9. The van der Waals surface area contributed by atoms with Gasteiger partial charge in [-0.2, -0.15) is 13.7 Å². The van der Waals surface area contributed by atoms with E-state index in [4.69, 9.17) is 5.41 Å². The Balaban J connectivity index is 1.69. The molecular formula is C21H21N9O2S. The van der Waals surface area contributed by atoms with Gasteiger partial charge in [-0.05, 0) is 31.9 Å². The van der Waals surface area contributed by atoms with Crippen LogP contribution in [0.4, 0.5) is 5.95 Å². The van der Waals surface area contributed by atoms with Crippen LogP contribution in [0.1, 0.15) is 25.5 Å². The predicted molar refractivity (Wildman–Crippen MR) is 126 cm³/mol.